The van der Waals surface area contributed by atoms with Crippen molar-refractivity contribution in [3.05, 3.63) is 0 Å². The van der Waals surface area contributed by atoms with E-state index in [4.69, 9.17) is 5.73 Å². The van der Waals surface area contributed by atoms with Gasteiger partial charge in [-0.05, 0) is 25.7 Å². The fourth-order valence-corrected chi connectivity index (χ4v) is 0.752. The topological polar surface area (TPSA) is 26.0 Å². The van der Waals surface area contributed by atoms with Crippen molar-refractivity contribution in [3.63, 3.8) is 0 Å². The molecule has 2 N–H and O–H groups in total. The van der Waals surface area contributed by atoms with Gasteiger partial charge in [-0.1, -0.05) is 20.3 Å². The van der Waals surface area contributed by atoms with Crippen LogP contribution in [0.15, 0.2) is 0 Å². The zero-order chi connectivity index (χ0) is 7.28. The van der Waals surface area contributed by atoms with Crippen LogP contribution in [0.3, 0.4) is 0 Å². The molecule has 0 aliphatic heterocycles. The molecular weight excluding hydrogens is 110 g/mol. The SMILES string of the molecule is CC[C@H](C)CCC(C)N. The quantitative estimate of drug-likeness (QED) is 0.618. The van der Waals surface area contributed by atoms with Crippen LogP contribution < -0.4 is 5.73 Å². The van der Waals surface area contributed by atoms with Gasteiger partial charge in [-0.25, -0.2) is 0 Å². The maximum absolute atomic E-state index is 5.60. The van der Waals surface area contributed by atoms with Gasteiger partial charge in [0.15, 0.2) is 0 Å². The van der Waals surface area contributed by atoms with E-state index in [0.29, 0.717) is 6.04 Å². The lowest BCUT2D eigenvalue weighted by Gasteiger charge is -2.09. The summed E-state index contributed by atoms with van der Waals surface area (Å²) in [7, 11) is 0. The zero-order valence-electron chi connectivity index (χ0n) is 6.85. The highest BCUT2D eigenvalue weighted by Crippen LogP contribution is 2.09. The van der Waals surface area contributed by atoms with Gasteiger partial charge in [0.1, 0.15) is 0 Å². The number of hydrogen-bond donors (Lipinski definition) is 1. The van der Waals surface area contributed by atoms with Crippen molar-refractivity contribution in [3.8, 4) is 0 Å². The molecule has 56 valence electrons. The molecule has 0 aromatic rings. The van der Waals surface area contributed by atoms with Crippen LogP contribution in [0.1, 0.15) is 40.0 Å². The molecule has 1 heteroatoms. The molecule has 0 spiro atoms. The minimum absolute atomic E-state index is 0.388. The number of rotatable bonds is 4. The van der Waals surface area contributed by atoms with Gasteiger partial charge < -0.3 is 5.73 Å². The fraction of sp³-hybridized carbons (Fsp3) is 1.00. The monoisotopic (exact) mass is 129 g/mol. The molecule has 0 saturated heterocycles. The van der Waals surface area contributed by atoms with E-state index in [0.717, 1.165) is 5.92 Å². The van der Waals surface area contributed by atoms with Crippen LogP contribution in [0.25, 0.3) is 0 Å². The summed E-state index contributed by atoms with van der Waals surface area (Å²) in [4.78, 5) is 0. The van der Waals surface area contributed by atoms with Crippen molar-refractivity contribution < 1.29 is 0 Å². The fourth-order valence-electron chi connectivity index (χ4n) is 0.752. The van der Waals surface area contributed by atoms with Crippen molar-refractivity contribution in [1.29, 1.82) is 0 Å². The first-order valence-electron chi connectivity index (χ1n) is 3.92. The largest absolute Gasteiger partial charge is 0.328 e. The van der Waals surface area contributed by atoms with Crippen LogP contribution in [0, 0.1) is 5.92 Å². The Morgan fingerprint density at radius 3 is 2.11 bits per heavy atom. The van der Waals surface area contributed by atoms with Gasteiger partial charge >= 0.3 is 0 Å². The van der Waals surface area contributed by atoms with Gasteiger partial charge in [-0.3, -0.25) is 0 Å². The third-order valence-electron chi connectivity index (χ3n) is 1.81. The maximum atomic E-state index is 5.60. The van der Waals surface area contributed by atoms with Gasteiger partial charge in [0.25, 0.3) is 0 Å². The van der Waals surface area contributed by atoms with Crippen LogP contribution in [-0.4, -0.2) is 6.04 Å². The molecule has 0 aromatic heterocycles. The first-order chi connectivity index (χ1) is 4.16. The molecule has 9 heavy (non-hydrogen) atoms. The number of nitrogens with two attached hydrogens (primary N) is 1. The van der Waals surface area contributed by atoms with E-state index < -0.39 is 0 Å². The van der Waals surface area contributed by atoms with Crippen molar-refractivity contribution >= 4 is 0 Å². The average Bonchev–Trinajstić information content (AvgIpc) is 1.83. The normalized spacial score (nSPS) is 17.3. The summed E-state index contributed by atoms with van der Waals surface area (Å²) in [5, 5.41) is 0. The Morgan fingerprint density at radius 1 is 1.22 bits per heavy atom. The van der Waals surface area contributed by atoms with E-state index in [1.54, 1.807) is 0 Å². The van der Waals surface area contributed by atoms with Gasteiger partial charge in [0, 0.05) is 6.04 Å². The second-order valence-electron chi connectivity index (χ2n) is 3.07. The molecule has 0 rings (SSSR count). The van der Waals surface area contributed by atoms with Gasteiger partial charge in [-0.15, -0.1) is 0 Å². The summed E-state index contributed by atoms with van der Waals surface area (Å²) in [6.07, 6.45) is 3.75. The molecule has 1 nitrogen and oxygen atoms in total. The smallest absolute Gasteiger partial charge is 0.00105 e. The van der Waals surface area contributed by atoms with E-state index in [-0.39, 0.29) is 0 Å². The van der Waals surface area contributed by atoms with Crippen molar-refractivity contribution in [2.24, 2.45) is 11.7 Å². The van der Waals surface area contributed by atoms with E-state index in [1.807, 2.05) is 0 Å². The summed E-state index contributed by atoms with van der Waals surface area (Å²) in [5.41, 5.74) is 5.60. The van der Waals surface area contributed by atoms with Crippen LogP contribution >= 0.6 is 0 Å². The lowest BCUT2D eigenvalue weighted by atomic mass is 10.0. The third-order valence-corrected chi connectivity index (χ3v) is 1.81. The predicted octanol–water partition coefficient (Wildman–Crippen LogP) is 2.16. The molecule has 0 radical (unpaired) electrons. The predicted molar refractivity (Wildman–Crippen MR) is 42.3 cm³/mol. The van der Waals surface area contributed by atoms with Crippen LogP contribution in [-0.2, 0) is 0 Å². The lowest BCUT2D eigenvalue weighted by Crippen LogP contribution is -2.15. The molecule has 0 aliphatic rings. The Balaban J connectivity index is 3.06. The minimum atomic E-state index is 0.388. The van der Waals surface area contributed by atoms with E-state index >= 15 is 0 Å². The molecule has 0 amide bonds. The molecule has 0 aromatic carbocycles. The molecule has 0 fully saturated rings. The van der Waals surface area contributed by atoms with E-state index in [2.05, 4.69) is 20.8 Å². The second kappa shape index (κ2) is 4.80. The minimum Gasteiger partial charge on any atom is -0.328 e. The first kappa shape index (κ1) is 8.96. The Kier molecular flexibility index (Phi) is 4.78. The second-order valence-corrected chi connectivity index (χ2v) is 3.07. The highest BCUT2D eigenvalue weighted by molar-refractivity contribution is 4.56. The Hall–Kier alpha value is -0.0400. The zero-order valence-corrected chi connectivity index (χ0v) is 6.85. The van der Waals surface area contributed by atoms with Crippen LogP contribution in [0.2, 0.25) is 0 Å². The summed E-state index contributed by atoms with van der Waals surface area (Å²) < 4.78 is 0. The molecule has 0 bridgehead atoms. The van der Waals surface area contributed by atoms with Crippen LogP contribution in [0.5, 0.6) is 0 Å². The first-order valence-corrected chi connectivity index (χ1v) is 3.92. The summed E-state index contributed by atoms with van der Waals surface area (Å²) in [5.74, 6) is 0.857. The summed E-state index contributed by atoms with van der Waals surface area (Å²) in [6.45, 7) is 6.58. The number of hydrogen-bond acceptors (Lipinski definition) is 1. The molecule has 0 aliphatic carbocycles. The highest BCUT2D eigenvalue weighted by Gasteiger charge is 1.99. The molecule has 2 atom stereocenters. The van der Waals surface area contributed by atoms with Gasteiger partial charge in [0.2, 0.25) is 0 Å². The third kappa shape index (κ3) is 5.84. The van der Waals surface area contributed by atoms with Crippen molar-refractivity contribution in [2.75, 3.05) is 0 Å². The van der Waals surface area contributed by atoms with E-state index in [9.17, 15) is 0 Å². The Morgan fingerprint density at radius 2 is 1.78 bits per heavy atom. The molecule has 0 saturated carbocycles. The van der Waals surface area contributed by atoms with Gasteiger partial charge in [0.05, 0.1) is 0 Å². The molecular formula is C8H19N. The summed E-state index contributed by atoms with van der Waals surface area (Å²) in [6, 6.07) is 0.388. The molecule has 0 heterocycles. The standard InChI is InChI=1S/C8H19N/c1-4-7(2)5-6-8(3)9/h7-8H,4-6,9H2,1-3H3/t7-,8?/m0/s1. The highest BCUT2D eigenvalue weighted by atomic mass is 14.6. The Labute approximate surface area is 58.6 Å². The lowest BCUT2D eigenvalue weighted by molar-refractivity contribution is 0.469. The van der Waals surface area contributed by atoms with Crippen molar-refractivity contribution in [2.45, 2.75) is 46.1 Å². The molecule has 1 unspecified atom stereocenters. The maximum Gasteiger partial charge on any atom is 0.00105 e. The Bertz CT molecular complexity index is 59.6. The van der Waals surface area contributed by atoms with E-state index in [1.165, 1.54) is 19.3 Å². The van der Waals surface area contributed by atoms with Crippen molar-refractivity contribution in [1.82, 2.24) is 0 Å². The summed E-state index contributed by atoms with van der Waals surface area (Å²) >= 11 is 0. The van der Waals surface area contributed by atoms with Crippen LogP contribution in [0.4, 0.5) is 0 Å². The average molecular weight is 129 g/mol. The van der Waals surface area contributed by atoms with Gasteiger partial charge in [-0.2, -0.15) is 0 Å².